The second-order valence-corrected chi connectivity index (χ2v) is 5.80. The fourth-order valence-corrected chi connectivity index (χ4v) is 3.06. The van der Waals surface area contributed by atoms with Gasteiger partial charge in [-0.2, -0.15) is 0 Å². The van der Waals surface area contributed by atoms with Crippen LogP contribution in [0.3, 0.4) is 0 Å². The number of benzene rings is 1. The number of nitrogens with two attached hydrogens (primary N) is 1. The quantitative estimate of drug-likeness (QED) is 0.909. The van der Waals surface area contributed by atoms with Crippen molar-refractivity contribution in [2.45, 2.75) is 32.4 Å². The summed E-state index contributed by atoms with van der Waals surface area (Å²) in [6.07, 6.45) is 2.11. The van der Waals surface area contributed by atoms with Crippen molar-refractivity contribution in [3.8, 4) is 5.75 Å². The minimum Gasteiger partial charge on any atom is -0.479 e. The molecule has 2 aliphatic heterocycles. The molecule has 0 aromatic heterocycles. The second kappa shape index (κ2) is 6.03. The van der Waals surface area contributed by atoms with E-state index in [0.717, 1.165) is 43.2 Å². The third-order valence-electron chi connectivity index (χ3n) is 4.31. The zero-order chi connectivity index (χ0) is 14.8. The zero-order valence-corrected chi connectivity index (χ0v) is 12.5. The molecule has 0 spiro atoms. The molecular formula is C16H23N3O2. The molecule has 2 aliphatic rings. The van der Waals surface area contributed by atoms with Gasteiger partial charge in [-0.1, -0.05) is 6.07 Å². The van der Waals surface area contributed by atoms with Crippen molar-refractivity contribution >= 4 is 11.6 Å². The Morgan fingerprint density at radius 1 is 1.29 bits per heavy atom. The monoisotopic (exact) mass is 289 g/mol. The number of nitrogens with zero attached hydrogens (tertiary/aromatic N) is 2. The summed E-state index contributed by atoms with van der Waals surface area (Å²) in [5.41, 5.74) is 7.57. The largest absolute Gasteiger partial charge is 0.479 e. The fourth-order valence-electron chi connectivity index (χ4n) is 3.06. The molecule has 0 bridgehead atoms. The second-order valence-electron chi connectivity index (χ2n) is 5.80. The van der Waals surface area contributed by atoms with Crippen LogP contribution < -0.4 is 15.4 Å². The van der Waals surface area contributed by atoms with E-state index in [1.807, 2.05) is 30.0 Å². The van der Waals surface area contributed by atoms with E-state index in [9.17, 15) is 4.79 Å². The molecule has 114 valence electrons. The lowest BCUT2D eigenvalue weighted by Gasteiger charge is -2.34. The highest BCUT2D eigenvalue weighted by molar-refractivity contribution is 5.99. The van der Waals surface area contributed by atoms with E-state index in [1.165, 1.54) is 12.8 Å². The topological polar surface area (TPSA) is 58.8 Å². The van der Waals surface area contributed by atoms with E-state index in [4.69, 9.17) is 10.5 Å². The van der Waals surface area contributed by atoms with E-state index in [-0.39, 0.29) is 5.91 Å². The molecule has 2 N–H and O–H groups in total. The summed E-state index contributed by atoms with van der Waals surface area (Å²) in [5, 5.41) is 0. The van der Waals surface area contributed by atoms with E-state index in [0.29, 0.717) is 6.54 Å². The first-order valence-electron chi connectivity index (χ1n) is 7.72. The van der Waals surface area contributed by atoms with Crippen molar-refractivity contribution in [2.24, 2.45) is 5.73 Å². The average Bonchev–Trinajstić information content (AvgIpc) is 3.00. The first-order chi connectivity index (χ1) is 10.2. The number of carbonyl (C=O) groups excluding carboxylic acids is 1. The van der Waals surface area contributed by atoms with Crippen molar-refractivity contribution in [3.05, 3.63) is 23.8 Å². The standard InChI is InChI=1S/C16H23N3O2/c1-12-16(20)19(9-8-18-6-2-3-7-18)14-5-4-13(11-17)10-15(14)21-12/h4-5,10,12H,2-3,6-9,11,17H2,1H3. The van der Waals surface area contributed by atoms with Crippen molar-refractivity contribution in [1.82, 2.24) is 4.90 Å². The Bertz CT molecular complexity index is 526. The SMILES string of the molecule is CC1Oc2cc(CN)ccc2N(CCN2CCCC2)C1=O. The van der Waals surface area contributed by atoms with Crippen molar-refractivity contribution in [1.29, 1.82) is 0 Å². The lowest BCUT2D eigenvalue weighted by Crippen LogP contribution is -2.47. The number of amides is 1. The van der Waals surface area contributed by atoms with Gasteiger partial charge in [-0.05, 0) is 50.6 Å². The van der Waals surface area contributed by atoms with Crippen LogP contribution in [0, 0.1) is 0 Å². The number of rotatable bonds is 4. The molecule has 1 saturated heterocycles. The number of fused-ring (bicyclic) bond motifs is 1. The highest BCUT2D eigenvalue weighted by atomic mass is 16.5. The predicted octanol–water partition coefficient (Wildman–Crippen LogP) is 1.35. The average molecular weight is 289 g/mol. The van der Waals surface area contributed by atoms with E-state index >= 15 is 0 Å². The molecule has 5 nitrogen and oxygen atoms in total. The highest BCUT2D eigenvalue weighted by Gasteiger charge is 2.31. The summed E-state index contributed by atoms with van der Waals surface area (Å²) in [7, 11) is 0. The third kappa shape index (κ3) is 2.89. The maximum Gasteiger partial charge on any atom is 0.267 e. The Labute approximate surface area is 125 Å². The number of hydrogen-bond donors (Lipinski definition) is 1. The van der Waals surface area contributed by atoms with Gasteiger partial charge in [0.2, 0.25) is 0 Å². The molecule has 1 unspecified atom stereocenters. The molecule has 0 radical (unpaired) electrons. The molecule has 1 fully saturated rings. The number of carbonyl (C=O) groups is 1. The van der Waals surface area contributed by atoms with Gasteiger partial charge in [-0.25, -0.2) is 0 Å². The minimum atomic E-state index is -0.427. The van der Waals surface area contributed by atoms with Gasteiger partial charge in [-0.15, -0.1) is 0 Å². The predicted molar refractivity (Wildman–Crippen MR) is 82.5 cm³/mol. The maximum atomic E-state index is 12.4. The molecule has 1 aromatic rings. The van der Waals surface area contributed by atoms with Crippen LogP contribution in [-0.4, -0.2) is 43.1 Å². The summed E-state index contributed by atoms with van der Waals surface area (Å²) in [6.45, 7) is 6.23. The van der Waals surface area contributed by atoms with E-state index in [1.54, 1.807) is 0 Å². The molecule has 1 amide bonds. The third-order valence-corrected chi connectivity index (χ3v) is 4.31. The Morgan fingerprint density at radius 3 is 2.76 bits per heavy atom. The van der Waals surface area contributed by atoms with Crippen LogP contribution in [0.5, 0.6) is 5.75 Å². The summed E-state index contributed by atoms with van der Waals surface area (Å²) < 4.78 is 5.73. The van der Waals surface area contributed by atoms with Crippen LogP contribution >= 0.6 is 0 Å². The summed E-state index contributed by atoms with van der Waals surface area (Å²) in [6, 6.07) is 5.86. The van der Waals surface area contributed by atoms with Gasteiger partial charge in [0.25, 0.3) is 5.91 Å². The molecule has 21 heavy (non-hydrogen) atoms. The van der Waals surface area contributed by atoms with Crippen LogP contribution in [0.15, 0.2) is 18.2 Å². The molecule has 5 heteroatoms. The lowest BCUT2D eigenvalue weighted by atomic mass is 10.1. The van der Waals surface area contributed by atoms with E-state index in [2.05, 4.69) is 4.90 Å². The summed E-state index contributed by atoms with van der Waals surface area (Å²) in [5.74, 6) is 0.814. The van der Waals surface area contributed by atoms with Crippen LogP contribution in [0.1, 0.15) is 25.3 Å². The van der Waals surface area contributed by atoms with Gasteiger partial charge in [0.15, 0.2) is 6.10 Å². The van der Waals surface area contributed by atoms with Gasteiger partial charge in [0.1, 0.15) is 5.75 Å². The number of ether oxygens (including phenoxy) is 1. The zero-order valence-electron chi connectivity index (χ0n) is 12.5. The van der Waals surface area contributed by atoms with Crippen LogP contribution in [0.25, 0.3) is 0 Å². The van der Waals surface area contributed by atoms with Crippen molar-refractivity contribution in [3.63, 3.8) is 0 Å². The fraction of sp³-hybridized carbons (Fsp3) is 0.562. The van der Waals surface area contributed by atoms with Gasteiger partial charge in [0.05, 0.1) is 5.69 Å². The summed E-state index contributed by atoms with van der Waals surface area (Å²) in [4.78, 5) is 16.7. The molecule has 0 aliphatic carbocycles. The van der Waals surface area contributed by atoms with Crippen LogP contribution in [0.2, 0.25) is 0 Å². The highest BCUT2D eigenvalue weighted by Crippen LogP contribution is 2.34. The Kier molecular flexibility index (Phi) is 4.12. The van der Waals surface area contributed by atoms with Gasteiger partial charge in [-0.3, -0.25) is 4.79 Å². The normalized spacial score (nSPS) is 22.3. The Morgan fingerprint density at radius 2 is 2.05 bits per heavy atom. The Hall–Kier alpha value is -1.59. The maximum absolute atomic E-state index is 12.4. The lowest BCUT2D eigenvalue weighted by molar-refractivity contribution is -0.125. The first kappa shape index (κ1) is 14.4. The minimum absolute atomic E-state index is 0.0437. The number of anilines is 1. The summed E-state index contributed by atoms with van der Waals surface area (Å²) >= 11 is 0. The first-order valence-corrected chi connectivity index (χ1v) is 7.72. The van der Waals surface area contributed by atoms with Crippen molar-refractivity contribution in [2.75, 3.05) is 31.1 Å². The van der Waals surface area contributed by atoms with E-state index < -0.39 is 6.10 Å². The van der Waals surface area contributed by atoms with Crippen LogP contribution in [0.4, 0.5) is 5.69 Å². The molecular weight excluding hydrogens is 266 g/mol. The van der Waals surface area contributed by atoms with Gasteiger partial charge in [0, 0.05) is 19.6 Å². The molecule has 3 rings (SSSR count). The molecule has 1 aromatic carbocycles. The van der Waals surface area contributed by atoms with Crippen LogP contribution in [-0.2, 0) is 11.3 Å². The Balaban J connectivity index is 1.79. The molecule has 0 saturated carbocycles. The van der Waals surface area contributed by atoms with Gasteiger partial charge < -0.3 is 20.3 Å². The van der Waals surface area contributed by atoms with Gasteiger partial charge >= 0.3 is 0 Å². The molecule has 2 heterocycles. The number of likely N-dealkylation sites (tertiary alicyclic amines) is 1. The number of hydrogen-bond acceptors (Lipinski definition) is 4. The van der Waals surface area contributed by atoms with Crippen molar-refractivity contribution < 1.29 is 9.53 Å². The smallest absolute Gasteiger partial charge is 0.267 e. The molecule has 1 atom stereocenters.